The summed E-state index contributed by atoms with van der Waals surface area (Å²) in [6, 6.07) is 7.10. The highest BCUT2D eigenvalue weighted by Crippen LogP contribution is 2.16. The lowest BCUT2D eigenvalue weighted by Gasteiger charge is -2.05. The summed E-state index contributed by atoms with van der Waals surface area (Å²) in [6.45, 7) is 5.25. The monoisotopic (exact) mass is 207 g/mol. The summed E-state index contributed by atoms with van der Waals surface area (Å²) < 4.78 is 5.01. The molecule has 0 spiro atoms. The molecule has 3 nitrogen and oxygen atoms in total. The first-order valence-electron chi connectivity index (χ1n) is 4.63. The van der Waals surface area contributed by atoms with Gasteiger partial charge < -0.3 is 10.1 Å². The normalized spacial score (nSPS) is 8.20. The van der Waals surface area contributed by atoms with Crippen molar-refractivity contribution in [2.75, 3.05) is 14.2 Å². The zero-order chi connectivity index (χ0) is 11.7. The van der Waals surface area contributed by atoms with Gasteiger partial charge in [-0.1, -0.05) is 18.2 Å². The minimum atomic E-state index is -0.132. The number of hydrogen-bond acceptors (Lipinski definition) is 2. The van der Waals surface area contributed by atoms with Crippen LogP contribution in [-0.2, 0) is 0 Å². The summed E-state index contributed by atoms with van der Waals surface area (Å²) in [5.41, 5.74) is 0.558. The number of allylic oxidation sites excluding steroid dienone is 1. The van der Waals surface area contributed by atoms with Crippen LogP contribution < -0.4 is 10.1 Å². The SMILES string of the molecule is C=CC.CNC(=O)c1ccccc1OC. The largest absolute Gasteiger partial charge is 0.496 e. The predicted molar refractivity (Wildman–Crippen MR) is 62.3 cm³/mol. The first-order chi connectivity index (χ1) is 7.21. The van der Waals surface area contributed by atoms with E-state index in [1.807, 2.05) is 13.0 Å². The lowest BCUT2D eigenvalue weighted by Crippen LogP contribution is -2.18. The van der Waals surface area contributed by atoms with Crippen molar-refractivity contribution in [2.45, 2.75) is 6.92 Å². The maximum absolute atomic E-state index is 11.2. The van der Waals surface area contributed by atoms with E-state index >= 15 is 0 Å². The fourth-order valence-electron chi connectivity index (χ4n) is 0.967. The minimum absolute atomic E-state index is 0.132. The molecule has 0 aliphatic carbocycles. The van der Waals surface area contributed by atoms with Crippen LogP contribution in [-0.4, -0.2) is 20.1 Å². The highest BCUT2D eigenvalue weighted by Gasteiger charge is 2.07. The number of carbonyl (C=O) groups is 1. The van der Waals surface area contributed by atoms with Gasteiger partial charge in [-0.25, -0.2) is 0 Å². The molecule has 0 fully saturated rings. The van der Waals surface area contributed by atoms with Crippen molar-refractivity contribution in [3.63, 3.8) is 0 Å². The molecule has 1 aromatic carbocycles. The van der Waals surface area contributed by atoms with Gasteiger partial charge in [0.2, 0.25) is 0 Å². The van der Waals surface area contributed by atoms with Gasteiger partial charge in [0.05, 0.1) is 12.7 Å². The third-order valence-corrected chi connectivity index (χ3v) is 1.58. The summed E-state index contributed by atoms with van der Waals surface area (Å²) in [6.07, 6.45) is 1.75. The van der Waals surface area contributed by atoms with E-state index in [1.54, 1.807) is 38.4 Å². The quantitative estimate of drug-likeness (QED) is 0.755. The first kappa shape index (κ1) is 13.2. The Morgan fingerprint density at radius 3 is 2.47 bits per heavy atom. The molecule has 3 heteroatoms. The minimum Gasteiger partial charge on any atom is -0.496 e. The molecule has 0 atom stereocenters. The van der Waals surface area contributed by atoms with Crippen LogP contribution in [0.5, 0.6) is 5.75 Å². The van der Waals surface area contributed by atoms with Crippen LogP contribution in [0.2, 0.25) is 0 Å². The Morgan fingerprint density at radius 2 is 2.00 bits per heavy atom. The number of amides is 1. The van der Waals surface area contributed by atoms with Gasteiger partial charge in [0.1, 0.15) is 5.75 Å². The van der Waals surface area contributed by atoms with Crippen LogP contribution in [0.25, 0.3) is 0 Å². The highest BCUT2D eigenvalue weighted by atomic mass is 16.5. The Labute approximate surface area is 90.8 Å². The topological polar surface area (TPSA) is 38.3 Å². The molecule has 0 bridgehead atoms. The number of ether oxygens (including phenoxy) is 1. The van der Waals surface area contributed by atoms with E-state index in [4.69, 9.17) is 4.74 Å². The molecule has 1 rings (SSSR count). The molecule has 1 N–H and O–H groups in total. The van der Waals surface area contributed by atoms with Gasteiger partial charge in [0.25, 0.3) is 5.91 Å². The molecule has 0 aliphatic heterocycles. The van der Waals surface area contributed by atoms with Gasteiger partial charge in [-0.3, -0.25) is 4.79 Å². The molecule has 82 valence electrons. The second-order valence-electron chi connectivity index (χ2n) is 2.69. The van der Waals surface area contributed by atoms with Gasteiger partial charge in [-0.2, -0.15) is 0 Å². The number of benzene rings is 1. The van der Waals surface area contributed by atoms with Crippen molar-refractivity contribution in [1.29, 1.82) is 0 Å². The summed E-state index contributed by atoms with van der Waals surface area (Å²) in [4.78, 5) is 11.2. The highest BCUT2D eigenvalue weighted by molar-refractivity contribution is 5.96. The first-order valence-corrected chi connectivity index (χ1v) is 4.63. The van der Waals surface area contributed by atoms with E-state index in [0.29, 0.717) is 11.3 Å². The number of para-hydroxylation sites is 1. The van der Waals surface area contributed by atoms with Crippen LogP contribution >= 0.6 is 0 Å². The Hall–Kier alpha value is -1.77. The van der Waals surface area contributed by atoms with Crippen LogP contribution in [0.15, 0.2) is 36.9 Å². The maximum atomic E-state index is 11.2. The van der Waals surface area contributed by atoms with Crippen LogP contribution in [0.4, 0.5) is 0 Å². The van der Waals surface area contributed by atoms with Gasteiger partial charge in [-0.15, -0.1) is 6.58 Å². The molecule has 0 heterocycles. The number of carbonyl (C=O) groups excluding carboxylic acids is 1. The molecular formula is C12H17NO2. The molecule has 15 heavy (non-hydrogen) atoms. The average Bonchev–Trinajstić information content (AvgIpc) is 2.29. The van der Waals surface area contributed by atoms with Gasteiger partial charge in [-0.05, 0) is 19.1 Å². The van der Waals surface area contributed by atoms with Crippen LogP contribution in [0, 0.1) is 0 Å². The summed E-state index contributed by atoms with van der Waals surface area (Å²) in [7, 11) is 3.14. The molecule has 0 aliphatic rings. The molecule has 1 amide bonds. The van der Waals surface area contributed by atoms with Crippen molar-refractivity contribution >= 4 is 5.91 Å². The third kappa shape index (κ3) is 4.31. The zero-order valence-corrected chi connectivity index (χ0v) is 9.41. The Bertz CT molecular complexity index is 321. The number of methoxy groups -OCH3 is 1. The van der Waals surface area contributed by atoms with Crippen molar-refractivity contribution < 1.29 is 9.53 Å². The second kappa shape index (κ2) is 7.62. The molecule has 0 radical (unpaired) electrons. The van der Waals surface area contributed by atoms with E-state index < -0.39 is 0 Å². The maximum Gasteiger partial charge on any atom is 0.254 e. The molecule has 0 aromatic heterocycles. The number of nitrogens with one attached hydrogen (secondary N) is 1. The Morgan fingerprint density at radius 1 is 1.47 bits per heavy atom. The Kier molecular flexibility index (Phi) is 6.72. The summed E-state index contributed by atoms with van der Waals surface area (Å²) >= 11 is 0. The summed E-state index contributed by atoms with van der Waals surface area (Å²) in [5.74, 6) is 0.462. The molecule has 1 aromatic rings. The van der Waals surface area contributed by atoms with Gasteiger partial charge in [0, 0.05) is 7.05 Å². The van der Waals surface area contributed by atoms with Crippen LogP contribution in [0.3, 0.4) is 0 Å². The fourth-order valence-corrected chi connectivity index (χ4v) is 0.967. The molecular weight excluding hydrogens is 190 g/mol. The molecule has 0 saturated carbocycles. The zero-order valence-electron chi connectivity index (χ0n) is 9.41. The van der Waals surface area contributed by atoms with E-state index in [2.05, 4.69) is 11.9 Å². The van der Waals surface area contributed by atoms with Crippen molar-refractivity contribution in [2.24, 2.45) is 0 Å². The standard InChI is InChI=1S/C9H11NO2.C3H6/c1-10-9(11)7-5-3-4-6-8(7)12-2;1-3-2/h3-6H,1-2H3,(H,10,11);3H,1H2,2H3. The molecule has 0 saturated heterocycles. The number of rotatable bonds is 2. The lowest BCUT2D eigenvalue weighted by molar-refractivity contribution is 0.0960. The van der Waals surface area contributed by atoms with Gasteiger partial charge >= 0.3 is 0 Å². The molecule has 0 unspecified atom stereocenters. The van der Waals surface area contributed by atoms with E-state index in [9.17, 15) is 4.79 Å². The average molecular weight is 207 g/mol. The second-order valence-corrected chi connectivity index (χ2v) is 2.69. The van der Waals surface area contributed by atoms with E-state index in [0.717, 1.165) is 0 Å². The predicted octanol–water partition coefficient (Wildman–Crippen LogP) is 2.25. The van der Waals surface area contributed by atoms with Crippen molar-refractivity contribution in [3.8, 4) is 5.75 Å². The fraction of sp³-hybridized carbons (Fsp3) is 0.250. The van der Waals surface area contributed by atoms with Crippen molar-refractivity contribution in [3.05, 3.63) is 42.5 Å². The lowest BCUT2D eigenvalue weighted by atomic mass is 10.2. The number of hydrogen-bond donors (Lipinski definition) is 1. The van der Waals surface area contributed by atoms with Crippen molar-refractivity contribution in [1.82, 2.24) is 5.32 Å². The van der Waals surface area contributed by atoms with E-state index in [-0.39, 0.29) is 5.91 Å². The summed E-state index contributed by atoms with van der Waals surface area (Å²) in [5, 5.41) is 2.54. The third-order valence-electron chi connectivity index (χ3n) is 1.58. The Balaban J connectivity index is 0.000000583. The smallest absolute Gasteiger partial charge is 0.254 e. The van der Waals surface area contributed by atoms with Crippen LogP contribution in [0.1, 0.15) is 17.3 Å². The van der Waals surface area contributed by atoms with E-state index in [1.165, 1.54) is 0 Å². The van der Waals surface area contributed by atoms with Gasteiger partial charge in [0.15, 0.2) is 0 Å².